The summed E-state index contributed by atoms with van der Waals surface area (Å²) >= 11 is 0. The van der Waals surface area contributed by atoms with Crippen LogP contribution in [-0.2, 0) is 24.2 Å². The van der Waals surface area contributed by atoms with Gasteiger partial charge in [-0.2, -0.15) is 5.10 Å². The molecule has 0 saturated heterocycles. The molecule has 1 aromatic carbocycles. The zero-order valence-electron chi connectivity index (χ0n) is 18.7. The van der Waals surface area contributed by atoms with Gasteiger partial charge in [-0.25, -0.2) is 0 Å². The summed E-state index contributed by atoms with van der Waals surface area (Å²) in [5.41, 5.74) is 4.68. The van der Waals surface area contributed by atoms with Gasteiger partial charge in [-0.1, -0.05) is 26.0 Å². The van der Waals surface area contributed by atoms with Crippen LogP contribution in [0.3, 0.4) is 0 Å². The van der Waals surface area contributed by atoms with E-state index in [1.54, 1.807) is 18.5 Å². The molecule has 0 aliphatic heterocycles. The van der Waals surface area contributed by atoms with Crippen molar-refractivity contribution in [3.05, 3.63) is 84.6 Å². The SMILES string of the molecule is CC(C)Cn1cc(-c2ccncc2/C=C/C(=O)Nc2ccc(CCc3nnco3)cc2)cn1. The maximum atomic E-state index is 12.5. The summed E-state index contributed by atoms with van der Waals surface area (Å²) in [6.07, 6.45) is 13.4. The summed E-state index contributed by atoms with van der Waals surface area (Å²) in [5, 5.41) is 14.9. The Morgan fingerprint density at radius 2 is 2.00 bits per heavy atom. The third-order valence-electron chi connectivity index (χ3n) is 5.02. The van der Waals surface area contributed by atoms with Crippen LogP contribution in [0.15, 0.2) is 72.0 Å². The van der Waals surface area contributed by atoms with Gasteiger partial charge in [0.2, 0.25) is 18.2 Å². The molecule has 4 aromatic rings. The Hall–Kier alpha value is -4.07. The molecule has 0 bridgehead atoms. The average molecular weight is 443 g/mol. The number of benzene rings is 1. The van der Waals surface area contributed by atoms with E-state index in [0.717, 1.165) is 40.9 Å². The maximum Gasteiger partial charge on any atom is 0.248 e. The fraction of sp³-hybridized carbons (Fsp3) is 0.240. The lowest BCUT2D eigenvalue weighted by Crippen LogP contribution is -2.07. The monoisotopic (exact) mass is 442 g/mol. The Morgan fingerprint density at radius 1 is 1.15 bits per heavy atom. The number of aryl methyl sites for hydroxylation is 2. The minimum Gasteiger partial charge on any atom is -0.428 e. The Bertz CT molecular complexity index is 1210. The van der Waals surface area contributed by atoms with Crippen LogP contribution in [0.25, 0.3) is 17.2 Å². The molecule has 0 aliphatic rings. The summed E-state index contributed by atoms with van der Waals surface area (Å²) in [4.78, 5) is 16.7. The first kappa shape index (κ1) is 22.1. The van der Waals surface area contributed by atoms with Crippen molar-refractivity contribution in [1.82, 2.24) is 25.0 Å². The fourth-order valence-corrected chi connectivity index (χ4v) is 3.44. The second kappa shape index (κ2) is 10.5. The fourth-order valence-electron chi connectivity index (χ4n) is 3.44. The standard InChI is InChI=1S/C25H26N6O2/c1-18(2)15-31-16-21(14-28-31)23-11-12-26-13-20(23)6-9-24(32)29-22-7-3-19(4-8-22)5-10-25-30-27-17-33-25/h3-4,6-9,11-14,16-18H,5,10,15H2,1-2H3,(H,29,32)/b9-6+. The molecular formula is C25H26N6O2. The van der Waals surface area contributed by atoms with Crippen molar-refractivity contribution < 1.29 is 9.21 Å². The number of nitrogens with zero attached hydrogens (tertiary/aromatic N) is 5. The van der Waals surface area contributed by atoms with Gasteiger partial charge in [0, 0.05) is 54.4 Å². The van der Waals surface area contributed by atoms with E-state index in [9.17, 15) is 4.79 Å². The van der Waals surface area contributed by atoms with Crippen molar-refractivity contribution in [1.29, 1.82) is 0 Å². The average Bonchev–Trinajstić information content (AvgIpc) is 3.49. The Labute approximate surface area is 192 Å². The second-order valence-corrected chi connectivity index (χ2v) is 8.16. The van der Waals surface area contributed by atoms with Crippen LogP contribution in [0.4, 0.5) is 5.69 Å². The number of carbonyl (C=O) groups is 1. The zero-order valence-corrected chi connectivity index (χ0v) is 18.7. The molecule has 0 aliphatic carbocycles. The highest BCUT2D eigenvalue weighted by atomic mass is 16.4. The molecule has 0 unspecified atom stereocenters. The molecule has 168 valence electrons. The zero-order chi connectivity index (χ0) is 23.0. The number of hydrogen-bond acceptors (Lipinski definition) is 6. The molecule has 0 saturated carbocycles. The van der Waals surface area contributed by atoms with Gasteiger partial charge in [-0.15, -0.1) is 10.2 Å². The van der Waals surface area contributed by atoms with Crippen LogP contribution in [-0.4, -0.2) is 30.9 Å². The molecule has 33 heavy (non-hydrogen) atoms. The summed E-state index contributed by atoms with van der Waals surface area (Å²) < 4.78 is 7.09. The van der Waals surface area contributed by atoms with E-state index in [2.05, 4.69) is 39.4 Å². The van der Waals surface area contributed by atoms with Crippen molar-refractivity contribution in [3.8, 4) is 11.1 Å². The van der Waals surface area contributed by atoms with Crippen molar-refractivity contribution in [2.45, 2.75) is 33.2 Å². The van der Waals surface area contributed by atoms with Crippen LogP contribution in [0.2, 0.25) is 0 Å². The van der Waals surface area contributed by atoms with Crippen LogP contribution < -0.4 is 5.32 Å². The molecule has 3 aromatic heterocycles. The molecule has 0 radical (unpaired) electrons. The van der Waals surface area contributed by atoms with E-state index in [-0.39, 0.29) is 5.91 Å². The van der Waals surface area contributed by atoms with Gasteiger partial charge in [0.1, 0.15) is 0 Å². The number of aromatic nitrogens is 5. The molecule has 0 spiro atoms. The predicted octanol–water partition coefficient (Wildman–Crippen LogP) is 4.42. The highest BCUT2D eigenvalue weighted by Gasteiger charge is 2.08. The Kier molecular flexibility index (Phi) is 7.04. The van der Waals surface area contributed by atoms with E-state index in [4.69, 9.17) is 4.42 Å². The normalized spacial score (nSPS) is 11.4. The topological polar surface area (TPSA) is 98.7 Å². The number of pyridine rings is 1. The summed E-state index contributed by atoms with van der Waals surface area (Å²) in [7, 11) is 0. The number of carbonyl (C=O) groups excluding carboxylic acids is 1. The number of hydrogen-bond donors (Lipinski definition) is 1. The molecular weight excluding hydrogens is 416 g/mol. The van der Waals surface area contributed by atoms with Crippen LogP contribution in [0.1, 0.15) is 30.9 Å². The quantitative estimate of drug-likeness (QED) is 0.385. The summed E-state index contributed by atoms with van der Waals surface area (Å²) in [6.45, 7) is 5.17. The lowest BCUT2D eigenvalue weighted by atomic mass is 10.0. The summed E-state index contributed by atoms with van der Waals surface area (Å²) in [6, 6.07) is 9.65. The molecule has 0 fully saturated rings. The minimum atomic E-state index is -0.209. The van der Waals surface area contributed by atoms with Crippen molar-refractivity contribution in [2.24, 2.45) is 5.92 Å². The van der Waals surface area contributed by atoms with Gasteiger partial charge in [-0.05, 0) is 47.7 Å². The van der Waals surface area contributed by atoms with Gasteiger partial charge < -0.3 is 9.73 Å². The highest BCUT2D eigenvalue weighted by Crippen LogP contribution is 2.24. The number of nitrogens with one attached hydrogen (secondary N) is 1. The van der Waals surface area contributed by atoms with Crippen LogP contribution >= 0.6 is 0 Å². The summed E-state index contributed by atoms with van der Waals surface area (Å²) in [5.74, 6) is 0.913. The van der Waals surface area contributed by atoms with E-state index >= 15 is 0 Å². The van der Waals surface area contributed by atoms with E-state index in [1.165, 1.54) is 12.5 Å². The molecule has 0 atom stereocenters. The van der Waals surface area contributed by atoms with Gasteiger partial charge in [0.15, 0.2) is 0 Å². The third kappa shape index (κ3) is 6.22. The molecule has 3 heterocycles. The van der Waals surface area contributed by atoms with Crippen LogP contribution in [0, 0.1) is 5.92 Å². The van der Waals surface area contributed by atoms with Gasteiger partial charge >= 0.3 is 0 Å². The van der Waals surface area contributed by atoms with Gasteiger partial charge in [0.25, 0.3) is 0 Å². The van der Waals surface area contributed by atoms with Gasteiger partial charge in [0.05, 0.1) is 6.20 Å². The first-order valence-electron chi connectivity index (χ1n) is 10.9. The van der Waals surface area contributed by atoms with Gasteiger partial charge in [-0.3, -0.25) is 14.5 Å². The van der Waals surface area contributed by atoms with Crippen molar-refractivity contribution >= 4 is 17.7 Å². The van der Waals surface area contributed by atoms with Crippen molar-refractivity contribution in [3.63, 3.8) is 0 Å². The first-order valence-corrected chi connectivity index (χ1v) is 10.9. The molecule has 8 heteroatoms. The Morgan fingerprint density at radius 3 is 2.76 bits per heavy atom. The smallest absolute Gasteiger partial charge is 0.248 e. The second-order valence-electron chi connectivity index (χ2n) is 8.16. The third-order valence-corrected chi connectivity index (χ3v) is 5.02. The highest BCUT2D eigenvalue weighted by molar-refractivity contribution is 6.02. The minimum absolute atomic E-state index is 0.209. The van der Waals surface area contributed by atoms with Crippen molar-refractivity contribution in [2.75, 3.05) is 5.32 Å². The lowest BCUT2D eigenvalue weighted by Gasteiger charge is -2.05. The molecule has 4 rings (SSSR count). The maximum absolute atomic E-state index is 12.5. The molecule has 8 nitrogen and oxygen atoms in total. The van der Waals surface area contributed by atoms with E-state index in [0.29, 0.717) is 18.2 Å². The largest absolute Gasteiger partial charge is 0.428 e. The Balaban J connectivity index is 1.37. The van der Waals surface area contributed by atoms with Crippen LogP contribution in [0.5, 0.6) is 0 Å². The predicted molar refractivity (Wildman–Crippen MR) is 126 cm³/mol. The number of rotatable bonds is 9. The first-order chi connectivity index (χ1) is 16.1. The van der Waals surface area contributed by atoms with E-state index < -0.39 is 0 Å². The number of anilines is 1. The number of amides is 1. The molecule has 1 amide bonds. The van der Waals surface area contributed by atoms with E-state index in [1.807, 2.05) is 47.4 Å². The molecule has 1 N–H and O–H groups in total. The lowest BCUT2D eigenvalue weighted by molar-refractivity contribution is -0.111.